The third kappa shape index (κ3) is 5.16. The molecule has 0 saturated carbocycles. The van der Waals surface area contributed by atoms with Gasteiger partial charge in [0, 0.05) is 19.2 Å². The van der Waals surface area contributed by atoms with Gasteiger partial charge in [-0.15, -0.1) is 0 Å². The fraction of sp³-hybridized carbons (Fsp3) is 0.364. The second-order valence-electron chi connectivity index (χ2n) is 7.47. The number of methoxy groups -OCH3 is 1. The fourth-order valence-electron chi connectivity index (χ4n) is 3.66. The van der Waals surface area contributed by atoms with Gasteiger partial charge < -0.3 is 15.0 Å². The van der Waals surface area contributed by atoms with Gasteiger partial charge in [0.1, 0.15) is 11.8 Å². The molecule has 1 aliphatic heterocycles. The molecule has 0 bridgehead atoms. The van der Waals surface area contributed by atoms with Crippen molar-refractivity contribution < 1.29 is 22.7 Å². The average Bonchev–Trinajstić information content (AvgIpc) is 3.28. The molecule has 2 aromatic carbocycles. The summed E-state index contributed by atoms with van der Waals surface area (Å²) in [5, 5.41) is 2.74. The molecule has 8 nitrogen and oxygen atoms in total. The predicted octanol–water partition coefficient (Wildman–Crippen LogP) is 2.72. The smallest absolute Gasteiger partial charge is 0.255 e. The number of amides is 2. The van der Waals surface area contributed by atoms with Crippen LogP contribution in [0, 0.1) is 0 Å². The Morgan fingerprint density at radius 1 is 1.10 bits per heavy atom. The van der Waals surface area contributed by atoms with Crippen LogP contribution in [0.5, 0.6) is 5.75 Å². The number of nitrogens with zero attached hydrogens (tertiary/aromatic N) is 2. The fourth-order valence-corrected chi connectivity index (χ4v) is 4.83. The molecule has 2 amide bonds. The number of likely N-dealkylation sites (tertiary alicyclic amines) is 1. The lowest BCUT2D eigenvalue weighted by Crippen LogP contribution is -2.45. The summed E-state index contributed by atoms with van der Waals surface area (Å²) >= 11 is 0. The van der Waals surface area contributed by atoms with Crippen LogP contribution in [-0.4, -0.2) is 57.6 Å². The summed E-state index contributed by atoms with van der Waals surface area (Å²) in [6, 6.07) is 12.2. The molecule has 31 heavy (non-hydrogen) atoms. The Morgan fingerprint density at radius 3 is 2.42 bits per heavy atom. The molecule has 1 saturated heterocycles. The number of nitrogens with one attached hydrogen (secondary N) is 1. The lowest BCUT2D eigenvalue weighted by molar-refractivity contribution is -0.116. The maximum atomic E-state index is 13.1. The normalized spacial score (nSPS) is 14.7. The van der Waals surface area contributed by atoms with Gasteiger partial charge in [-0.3, -0.25) is 13.9 Å². The summed E-state index contributed by atoms with van der Waals surface area (Å²) in [6.45, 7) is 2.88. The van der Waals surface area contributed by atoms with E-state index in [0.717, 1.165) is 23.4 Å². The SMILES string of the molecule is COc1cccc(N([C@H](C)C(=O)Nc2ccccc2C(=O)N2CCCC2)S(C)(=O)=O)c1. The zero-order valence-corrected chi connectivity index (χ0v) is 18.7. The highest BCUT2D eigenvalue weighted by atomic mass is 32.2. The number of hydrogen-bond donors (Lipinski definition) is 1. The van der Waals surface area contributed by atoms with E-state index in [-0.39, 0.29) is 5.91 Å². The van der Waals surface area contributed by atoms with Gasteiger partial charge in [-0.2, -0.15) is 0 Å². The van der Waals surface area contributed by atoms with Crippen LogP contribution < -0.4 is 14.4 Å². The number of anilines is 2. The third-order valence-corrected chi connectivity index (χ3v) is 6.45. The minimum absolute atomic E-state index is 0.145. The Morgan fingerprint density at radius 2 is 1.77 bits per heavy atom. The summed E-state index contributed by atoms with van der Waals surface area (Å²) in [4.78, 5) is 27.7. The molecule has 0 spiro atoms. The number of carbonyl (C=O) groups is 2. The molecule has 1 atom stereocenters. The van der Waals surface area contributed by atoms with Crippen molar-refractivity contribution in [2.24, 2.45) is 0 Å². The first-order valence-electron chi connectivity index (χ1n) is 10.0. The molecule has 1 fully saturated rings. The van der Waals surface area contributed by atoms with Crippen molar-refractivity contribution >= 4 is 33.2 Å². The van der Waals surface area contributed by atoms with E-state index < -0.39 is 22.0 Å². The molecule has 166 valence electrons. The maximum Gasteiger partial charge on any atom is 0.255 e. The largest absolute Gasteiger partial charge is 0.497 e. The molecule has 3 rings (SSSR count). The van der Waals surface area contributed by atoms with Crippen molar-refractivity contribution in [1.29, 1.82) is 0 Å². The number of para-hydroxylation sites is 1. The molecule has 0 unspecified atom stereocenters. The van der Waals surface area contributed by atoms with E-state index in [0.29, 0.717) is 35.8 Å². The highest BCUT2D eigenvalue weighted by Gasteiger charge is 2.30. The molecule has 2 aromatic rings. The van der Waals surface area contributed by atoms with Crippen LogP contribution in [0.2, 0.25) is 0 Å². The minimum atomic E-state index is -3.78. The Balaban J connectivity index is 1.87. The van der Waals surface area contributed by atoms with Gasteiger partial charge in [-0.25, -0.2) is 8.42 Å². The summed E-state index contributed by atoms with van der Waals surface area (Å²) < 4.78 is 31.3. The maximum absolute atomic E-state index is 13.1. The van der Waals surface area contributed by atoms with Gasteiger partial charge in [-0.1, -0.05) is 18.2 Å². The standard InChI is InChI=1S/C22H27N3O5S/c1-16(25(31(3,28)29)17-9-8-10-18(15-17)30-2)21(26)23-20-12-5-4-11-19(20)22(27)24-13-6-7-14-24/h4-5,8-12,15-16H,6-7,13-14H2,1-3H3,(H,23,26)/t16-/m1/s1. The predicted molar refractivity (Wildman–Crippen MR) is 120 cm³/mol. The summed E-state index contributed by atoms with van der Waals surface area (Å²) in [6.07, 6.45) is 2.96. The van der Waals surface area contributed by atoms with E-state index in [4.69, 9.17) is 4.74 Å². The molecule has 1 aliphatic rings. The number of rotatable bonds is 7. The molecule has 9 heteroatoms. The van der Waals surface area contributed by atoms with Crippen molar-refractivity contribution in [3.8, 4) is 5.75 Å². The number of sulfonamides is 1. The Labute approximate surface area is 182 Å². The Hall–Kier alpha value is -3.07. The van der Waals surface area contributed by atoms with Gasteiger partial charge in [0.05, 0.1) is 30.3 Å². The van der Waals surface area contributed by atoms with E-state index in [1.165, 1.54) is 14.0 Å². The topological polar surface area (TPSA) is 96.0 Å². The lowest BCUT2D eigenvalue weighted by Gasteiger charge is -2.28. The van der Waals surface area contributed by atoms with Crippen LogP contribution in [0.15, 0.2) is 48.5 Å². The number of hydrogen-bond acceptors (Lipinski definition) is 5. The number of carbonyl (C=O) groups excluding carboxylic acids is 2. The molecule has 0 aromatic heterocycles. The van der Waals surface area contributed by atoms with Gasteiger partial charge in [0.15, 0.2) is 0 Å². The number of benzene rings is 2. The van der Waals surface area contributed by atoms with Gasteiger partial charge >= 0.3 is 0 Å². The zero-order valence-electron chi connectivity index (χ0n) is 17.9. The Bertz CT molecular complexity index is 1060. The van der Waals surface area contributed by atoms with Crippen LogP contribution in [0.4, 0.5) is 11.4 Å². The first-order chi connectivity index (χ1) is 14.7. The van der Waals surface area contributed by atoms with Crippen LogP contribution in [-0.2, 0) is 14.8 Å². The first kappa shape index (κ1) is 22.6. The monoisotopic (exact) mass is 445 g/mol. The molecule has 1 N–H and O–H groups in total. The van der Waals surface area contributed by atoms with Gasteiger partial charge in [0.25, 0.3) is 5.91 Å². The van der Waals surface area contributed by atoms with Crippen molar-refractivity contribution in [3.05, 3.63) is 54.1 Å². The van der Waals surface area contributed by atoms with Gasteiger partial charge in [0.2, 0.25) is 15.9 Å². The van der Waals surface area contributed by atoms with Crippen LogP contribution >= 0.6 is 0 Å². The van der Waals surface area contributed by atoms with Crippen molar-refractivity contribution in [3.63, 3.8) is 0 Å². The first-order valence-corrected chi connectivity index (χ1v) is 11.9. The van der Waals surface area contributed by atoms with E-state index in [2.05, 4.69) is 5.32 Å². The minimum Gasteiger partial charge on any atom is -0.497 e. The van der Waals surface area contributed by atoms with Gasteiger partial charge in [-0.05, 0) is 44.0 Å². The van der Waals surface area contributed by atoms with E-state index in [1.807, 2.05) is 0 Å². The molecular formula is C22H27N3O5S. The summed E-state index contributed by atoms with van der Waals surface area (Å²) in [7, 11) is -2.30. The molecule has 0 radical (unpaired) electrons. The number of ether oxygens (including phenoxy) is 1. The average molecular weight is 446 g/mol. The molecule has 1 heterocycles. The van der Waals surface area contributed by atoms with E-state index in [1.54, 1.807) is 53.4 Å². The van der Waals surface area contributed by atoms with Crippen molar-refractivity contribution in [2.75, 3.05) is 36.1 Å². The van der Waals surface area contributed by atoms with Crippen LogP contribution in [0.25, 0.3) is 0 Å². The highest BCUT2D eigenvalue weighted by Crippen LogP contribution is 2.26. The molecule has 0 aliphatic carbocycles. The summed E-state index contributed by atoms with van der Waals surface area (Å²) in [5.41, 5.74) is 1.05. The third-order valence-electron chi connectivity index (χ3n) is 5.20. The van der Waals surface area contributed by atoms with E-state index >= 15 is 0 Å². The second-order valence-corrected chi connectivity index (χ2v) is 9.33. The zero-order chi connectivity index (χ0) is 22.6. The van der Waals surface area contributed by atoms with Crippen LogP contribution in [0.1, 0.15) is 30.1 Å². The second kappa shape index (κ2) is 9.38. The quantitative estimate of drug-likeness (QED) is 0.707. The highest BCUT2D eigenvalue weighted by molar-refractivity contribution is 7.92. The van der Waals surface area contributed by atoms with Crippen molar-refractivity contribution in [2.45, 2.75) is 25.8 Å². The lowest BCUT2D eigenvalue weighted by atomic mass is 10.1. The van der Waals surface area contributed by atoms with E-state index in [9.17, 15) is 18.0 Å². The Kier molecular flexibility index (Phi) is 6.84. The van der Waals surface area contributed by atoms with Crippen LogP contribution in [0.3, 0.4) is 0 Å². The molecular weight excluding hydrogens is 418 g/mol. The van der Waals surface area contributed by atoms with Crippen molar-refractivity contribution in [1.82, 2.24) is 4.90 Å². The summed E-state index contributed by atoms with van der Waals surface area (Å²) in [5.74, 6) is -0.218.